The first-order chi connectivity index (χ1) is 6.45. The van der Waals surface area contributed by atoms with E-state index in [9.17, 15) is 0 Å². The molecule has 0 unspecified atom stereocenters. The van der Waals surface area contributed by atoms with E-state index in [0.29, 0.717) is 0 Å². The van der Waals surface area contributed by atoms with E-state index in [0.717, 1.165) is 10.5 Å². The summed E-state index contributed by atoms with van der Waals surface area (Å²) in [5.74, 6) is 0. The van der Waals surface area contributed by atoms with Crippen molar-refractivity contribution in [1.82, 2.24) is 0 Å². The van der Waals surface area contributed by atoms with Crippen LogP contribution in [0.15, 0.2) is 0 Å². The quantitative estimate of drug-likeness (QED) is 0.634. The van der Waals surface area contributed by atoms with E-state index >= 15 is 0 Å². The lowest BCUT2D eigenvalue weighted by atomic mass is 10.00. The molecule has 2 fully saturated rings. The van der Waals surface area contributed by atoms with Gasteiger partial charge in [-0.05, 0) is 25.7 Å². The summed E-state index contributed by atoms with van der Waals surface area (Å²) in [5.41, 5.74) is 0. The van der Waals surface area contributed by atoms with Crippen molar-refractivity contribution in [3.63, 3.8) is 0 Å². The van der Waals surface area contributed by atoms with Crippen molar-refractivity contribution < 1.29 is 0 Å². The summed E-state index contributed by atoms with van der Waals surface area (Å²) in [5, 5.41) is 2.08. The zero-order valence-corrected chi connectivity index (χ0v) is 9.45. The third-order valence-corrected chi connectivity index (χ3v) is 5.20. The molecule has 0 amide bonds. The van der Waals surface area contributed by atoms with Crippen LogP contribution < -0.4 is 0 Å². The zero-order chi connectivity index (χ0) is 8.93. The Kier molecular flexibility index (Phi) is 4.02. The smallest absolute Gasteiger partial charge is 0.00498 e. The van der Waals surface area contributed by atoms with E-state index in [1.807, 2.05) is 0 Å². The van der Waals surface area contributed by atoms with E-state index in [2.05, 4.69) is 11.8 Å². The van der Waals surface area contributed by atoms with Crippen LogP contribution in [-0.2, 0) is 0 Å². The molecule has 0 atom stereocenters. The van der Waals surface area contributed by atoms with Gasteiger partial charge in [-0.25, -0.2) is 0 Å². The second-order valence-corrected chi connectivity index (χ2v) is 6.26. The third kappa shape index (κ3) is 3.19. The van der Waals surface area contributed by atoms with Crippen LogP contribution >= 0.6 is 11.8 Å². The normalized spacial score (nSPS) is 27.7. The lowest BCUT2D eigenvalue weighted by molar-refractivity contribution is 0.495. The molecule has 0 heterocycles. The second-order valence-electron chi connectivity index (χ2n) is 4.66. The topological polar surface area (TPSA) is 0 Å². The van der Waals surface area contributed by atoms with Crippen LogP contribution in [0, 0.1) is 0 Å². The van der Waals surface area contributed by atoms with Gasteiger partial charge in [-0.1, -0.05) is 38.5 Å². The molecule has 1 heteroatoms. The minimum Gasteiger partial charge on any atom is -0.155 e. The highest BCUT2D eigenvalue weighted by atomic mass is 32.2. The van der Waals surface area contributed by atoms with Crippen molar-refractivity contribution in [3.05, 3.63) is 0 Å². The standard InChI is InChI=1S/C12H22S/c1-3-7-11(8-4-1)13-12-9-5-2-6-10-12/h11-12H,1-10H2. The summed E-state index contributed by atoms with van der Waals surface area (Å²) < 4.78 is 0. The Balaban J connectivity index is 1.69. The first kappa shape index (κ1) is 9.89. The Morgan fingerprint density at radius 1 is 0.538 bits per heavy atom. The maximum Gasteiger partial charge on any atom is 0.00498 e. The summed E-state index contributed by atoms with van der Waals surface area (Å²) in [6, 6.07) is 0. The SMILES string of the molecule is C1CCC(SC2CCCCC2)CC1. The molecule has 0 bridgehead atoms. The van der Waals surface area contributed by atoms with E-state index in [-0.39, 0.29) is 0 Å². The molecule has 2 aliphatic carbocycles. The van der Waals surface area contributed by atoms with E-state index in [1.54, 1.807) is 0 Å². The zero-order valence-electron chi connectivity index (χ0n) is 8.63. The number of thioether (sulfide) groups is 1. The van der Waals surface area contributed by atoms with Gasteiger partial charge in [0.1, 0.15) is 0 Å². The molecule has 0 aromatic rings. The van der Waals surface area contributed by atoms with Crippen LogP contribution in [-0.4, -0.2) is 10.5 Å². The molecule has 0 nitrogen and oxygen atoms in total. The van der Waals surface area contributed by atoms with Crippen LogP contribution in [0.1, 0.15) is 64.2 Å². The van der Waals surface area contributed by atoms with Gasteiger partial charge in [0, 0.05) is 10.5 Å². The molecule has 76 valence electrons. The van der Waals surface area contributed by atoms with Crippen molar-refractivity contribution in [1.29, 1.82) is 0 Å². The lowest BCUT2D eigenvalue weighted by Crippen LogP contribution is -2.16. The van der Waals surface area contributed by atoms with Gasteiger partial charge in [-0.2, -0.15) is 11.8 Å². The largest absolute Gasteiger partial charge is 0.155 e. The summed E-state index contributed by atoms with van der Waals surface area (Å²) >= 11 is 2.34. The highest BCUT2D eigenvalue weighted by molar-refractivity contribution is 8.00. The number of rotatable bonds is 2. The minimum atomic E-state index is 1.04. The van der Waals surface area contributed by atoms with Crippen molar-refractivity contribution >= 4 is 11.8 Å². The van der Waals surface area contributed by atoms with E-state index in [4.69, 9.17) is 0 Å². The first-order valence-electron chi connectivity index (χ1n) is 6.10. The molecule has 0 aromatic carbocycles. The fraction of sp³-hybridized carbons (Fsp3) is 1.00. The average molecular weight is 198 g/mol. The summed E-state index contributed by atoms with van der Waals surface area (Å²) in [7, 11) is 0. The van der Waals surface area contributed by atoms with Crippen molar-refractivity contribution in [3.8, 4) is 0 Å². The van der Waals surface area contributed by atoms with Crippen molar-refractivity contribution in [2.24, 2.45) is 0 Å². The maximum absolute atomic E-state index is 2.34. The van der Waals surface area contributed by atoms with Crippen LogP contribution in [0.3, 0.4) is 0 Å². The molecule has 0 N–H and O–H groups in total. The molecule has 0 aromatic heterocycles. The van der Waals surface area contributed by atoms with E-state index < -0.39 is 0 Å². The third-order valence-electron chi connectivity index (χ3n) is 3.49. The van der Waals surface area contributed by atoms with Crippen molar-refractivity contribution in [2.45, 2.75) is 74.7 Å². The fourth-order valence-corrected chi connectivity index (χ4v) is 4.43. The fourth-order valence-electron chi connectivity index (χ4n) is 2.67. The maximum atomic E-state index is 2.34. The van der Waals surface area contributed by atoms with Gasteiger partial charge in [-0.15, -0.1) is 0 Å². The van der Waals surface area contributed by atoms with Gasteiger partial charge in [0.2, 0.25) is 0 Å². The van der Waals surface area contributed by atoms with Gasteiger partial charge in [-0.3, -0.25) is 0 Å². The van der Waals surface area contributed by atoms with Gasteiger partial charge < -0.3 is 0 Å². The molecule has 13 heavy (non-hydrogen) atoms. The molecular weight excluding hydrogens is 176 g/mol. The second kappa shape index (κ2) is 5.29. The molecular formula is C12H22S. The molecule has 0 spiro atoms. The Morgan fingerprint density at radius 2 is 0.923 bits per heavy atom. The van der Waals surface area contributed by atoms with Gasteiger partial charge in [0.15, 0.2) is 0 Å². The predicted octanol–water partition coefficient (Wildman–Crippen LogP) is 4.39. The summed E-state index contributed by atoms with van der Waals surface area (Å²) in [6.45, 7) is 0. The monoisotopic (exact) mass is 198 g/mol. The van der Waals surface area contributed by atoms with Gasteiger partial charge >= 0.3 is 0 Å². The first-order valence-corrected chi connectivity index (χ1v) is 7.05. The predicted molar refractivity (Wildman–Crippen MR) is 61.3 cm³/mol. The highest BCUT2D eigenvalue weighted by Gasteiger charge is 2.20. The van der Waals surface area contributed by atoms with Crippen LogP contribution in [0.5, 0.6) is 0 Å². The molecule has 2 saturated carbocycles. The minimum absolute atomic E-state index is 1.04. The highest BCUT2D eigenvalue weighted by Crippen LogP contribution is 2.36. The Morgan fingerprint density at radius 3 is 1.31 bits per heavy atom. The summed E-state index contributed by atoms with van der Waals surface area (Å²) in [4.78, 5) is 0. The van der Waals surface area contributed by atoms with E-state index in [1.165, 1.54) is 64.2 Å². The van der Waals surface area contributed by atoms with Gasteiger partial charge in [0.05, 0.1) is 0 Å². The number of hydrogen-bond donors (Lipinski definition) is 0. The van der Waals surface area contributed by atoms with Crippen LogP contribution in [0.25, 0.3) is 0 Å². The molecule has 0 aliphatic heterocycles. The molecule has 2 rings (SSSR count). The Hall–Kier alpha value is 0.350. The Bertz CT molecular complexity index is 116. The number of hydrogen-bond acceptors (Lipinski definition) is 1. The van der Waals surface area contributed by atoms with Crippen LogP contribution in [0.4, 0.5) is 0 Å². The summed E-state index contributed by atoms with van der Waals surface area (Å²) in [6.07, 6.45) is 15.1. The average Bonchev–Trinajstić information content (AvgIpc) is 2.21. The van der Waals surface area contributed by atoms with Crippen LogP contribution in [0.2, 0.25) is 0 Å². The molecule has 0 radical (unpaired) electrons. The molecule has 2 aliphatic rings. The Labute approximate surface area is 86.9 Å². The van der Waals surface area contributed by atoms with Gasteiger partial charge in [0.25, 0.3) is 0 Å². The lowest BCUT2D eigenvalue weighted by Gasteiger charge is -2.28. The molecule has 0 saturated heterocycles. The van der Waals surface area contributed by atoms with Crippen molar-refractivity contribution in [2.75, 3.05) is 0 Å².